The van der Waals surface area contributed by atoms with Crippen LogP contribution in [0.25, 0.3) is 0 Å². The van der Waals surface area contributed by atoms with E-state index >= 15 is 0 Å². The molecule has 1 unspecified atom stereocenters. The fraction of sp³-hybridized carbons (Fsp3) is 0.524. The van der Waals surface area contributed by atoms with Crippen molar-refractivity contribution >= 4 is 5.91 Å². The van der Waals surface area contributed by atoms with Gasteiger partial charge < -0.3 is 4.90 Å². The number of pyridine rings is 1. The van der Waals surface area contributed by atoms with Crippen LogP contribution < -0.4 is 5.56 Å². The third-order valence-electron chi connectivity index (χ3n) is 6.12. The quantitative estimate of drug-likeness (QED) is 0.818. The molecule has 1 atom stereocenters. The van der Waals surface area contributed by atoms with Crippen LogP contribution in [0.5, 0.6) is 0 Å². The first-order valence-electron chi connectivity index (χ1n) is 9.81. The lowest BCUT2D eigenvalue weighted by Gasteiger charge is -2.27. The van der Waals surface area contributed by atoms with Crippen molar-refractivity contribution in [1.82, 2.24) is 19.4 Å². The summed E-state index contributed by atoms with van der Waals surface area (Å²) in [5.41, 5.74) is 2.57. The minimum absolute atomic E-state index is 0.0440. The summed E-state index contributed by atoms with van der Waals surface area (Å²) in [6.07, 6.45) is 6.24. The van der Waals surface area contributed by atoms with Crippen LogP contribution in [0.4, 0.5) is 0 Å². The van der Waals surface area contributed by atoms with Crippen LogP contribution in [-0.2, 0) is 19.4 Å². The smallest absolute Gasteiger partial charge is 0.255 e. The van der Waals surface area contributed by atoms with E-state index in [1.165, 1.54) is 0 Å². The molecule has 0 radical (unpaired) electrons. The molecular formula is C21H26N4O2. The highest BCUT2D eigenvalue weighted by atomic mass is 16.2. The minimum Gasteiger partial charge on any atom is -0.338 e. The van der Waals surface area contributed by atoms with Crippen molar-refractivity contribution in [3.8, 4) is 0 Å². The van der Waals surface area contributed by atoms with Crippen molar-refractivity contribution in [2.75, 3.05) is 13.1 Å². The number of aromatic nitrogens is 3. The Morgan fingerprint density at radius 2 is 2.04 bits per heavy atom. The normalized spacial score (nSPS) is 21.9. The maximum Gasteiger partial charge on any atom is 0.255 e. The Morgan fingerprint density at radius 1 is 1.22 bits per heavy atom. The molecule has 1 amide bonds. The zero-order chi connectivity index (χ0) is 19.0. The highest BCUT2D eigenvalue weighted by Gasteiger charge is 2.41. The second-order valence-electron chi connectivity index (χ2n) is 7.92. The number of carbonyl (C=O) groups excluding carboxylic acids is 1. The largest absolute Gasteiger partial charge is 0.338 e. The second-order valence-corrected chi connectivity index (χ2v) is 7.92. The molecule has 1 saturated heterocycles. The highest BCUT2D eigenvalue weighted by Crippen LogP contribution is 2.40. The molecule has 0 aliphatic carbocycles. The van der Waals surface area contributed by atoms with Crippen LogP contribution in [0.1, 0.15) is 53.8 Å². The lowest BCUT2D eigenvalue weighted by molar-refractivity contribution is 0.0766. The van der Waals surface area contributed by atoms with Gasteiger partial charge in [0.05, 0.1) is 5.56 Å². The molecule has 4 heterocycles. The van der Waals surface area contributed by atoms with Gasteiger partial charge in [0.1, 0.15) is 5.82 Å². The average molecular weight is 366 g/mol. The number of fused-ring (bicyclic) bond motifs is 1. The molecule has 27 heavy (non-hydrogen) atoms. The summed E-state index contributed by atoms with van der Waals surface area (Å²) in [7, 11) is 0. The van der Waals surface area contributed by atoms with Gasteiger partial charge >= 0.3 is 0 Å². The van der Waals surface area contributed by atoms with Crippen molar-refractivity contribution in [2.45, 2.75) is 52.5 Å². The summed E-state index contributed by atoms with van der Waals surface area (Å²) in [5, 5.41) is 0. The molecule has 4 rings (SSSR count). The lowest BCUT2D eigenvalue weighted by Crippen LogP contribution is -2.32. The minimum atomic E-state index is 0.0440. The van der Waals surface area contributed by atoms with Crippen LogP contribution in [0, 0.1) is 12.3 Å². The van der Waals surface area contributed by atoms with Gasteiger partial charge in [0.2, 0.25) is 0 Å². The Morgan fingerprint density at radius 3 is 2.78 bits per heavy atom. The first-order valence-corrected chi connectivity index (χ1v) is 9.81. The molecule has 2 aliphatic heterocycles. The molecule has 2 aromatic heterocycles. The molecule has 142 valence electrons. The first kappa shape index (κ1) is 17.9. The summed E-state index contributed by atoms with van der Waals surface area (Å²) in [6.45, 7) is 6.14. The number of hydrogen-bond acceptors (Lipinski definition) is 4. The van der Waals surface area contributed by atoms with Gasteiger partial charge in [0, 0.05) is 49.7 Å². The van der Waals surface area contributed by atoms with E-state index in [9.17, 15) is 9.59 Å². The highest BCUT2D eigenvalue weighted by molar-refractivity contribution is 5.94. The maximum atomic E-state index is 12.9. The van der Waals surface area contributed by atoms with Crippen LogP contribution in [0.2, 0.25) is 0 Å². The number of aryl methyl sites for hydroxylation is 3. The Kier molecular flexibility index (Phi) is 4.58. The number of amides is 1. The van der Waals surface area contributed by atoms with Gasteiger partial charge in [-0.3, -0.25) is 19.1 Å². The van der Waals surface area contributed by atoms with Crippen molar-refractivity contribution in [3.63, 3.8) is 0 Å². The zero-order valence-electron chi connectivity index (χ0n) is 16.1. The molecular weight excluding hydrogens is 340 g/mol. The predicted molar refractivity (Wildman–Crippen MR) is 103 cm³/mol. The van der Waals surface area contributed by atoms with E-state index < -0.39 is 0 Å². The topological polar surface area (TPSA) is 68.1 Å². The van der Waals surface area contributed by atoms with Gasteiger partial charge in [-0.1, -0.05) is 6.92 Å². The Balaban J connectivity index is 1.49. The monoisotopic (exact) mass is 366 g/mol. The molecule has 0 N–H and O–H groups in total. The molecule has 6 nitrogen and oxygen atoms in total. The standard InChI is InChI=1S/C21H26N4O2/c1-3-17-5-4-16(13-22-17)20(27)24-10-8-21(14-24)7-6-18-23-15(2)12-19(26)25(18)11-9-21/h4-5,12-13H,3,6-11,14H2,1-2H3. The predicted octanol–water partition coefficient (Wildman–Crippen LogP) is 2.38. The summed E-state index contributed by atoms with van der Waals surface area (Å²) in [6, 6.07) is 5.43. The first-order chi connectivity index (χ1) is 13.0. The van der Waals surface area contributed by atoms with Crippen molar-refractivity contribution in [3.05, 3.63) is 57.5 Å². The SMILES string of the molecule is CCc1ccc(C(=O)N2CCC3(CCc4nc(C)cc(=O)n4CC3)C2)cn1. The van der Waals surface area contributed by atoms with Gasteiger partial charge in [-0.05, 0) is 50.2 Å². The van der Waals surface area contributed by atoms with Crippen molar-refractivity contribution < 1.29 is 4.79 Å². The number of nitrogens with zero attached hydrogens (tertiary/aromatic N) is 4. The van der Waals surface area contributed by atoms with E-state index in [2.05, 4.69) is 16.9 Å². The van der Waals surface area contributed by atoms with Crippen LogP contribution in [0.3, 0.4) is 0 Å². The van der Waals surface area contributed by atoms with Gasteiger partial charge in [-0.25, -0.2) is 4.98 Å². The molecule has 6 heteroatoms. The van der Waals surface area contributed by atoms with Crippen LogP contribution in [-0.4, -0.2) is 38.4 Å². The number of likely N-dealkylation sites (tertiary alicyclic amines) is 1. The molecule has 0 aromatic carbocycles. The van der Waals surface area contributed by atoms with E-state index in [1.54, 1.807) is 12.3 Å². The lowest BCUT2D eigenvalue weighted by atomic mass is 9.80. The van der Waals surface area contributed by atoms with E-state index in [4.69, 9.17) is 0 Å². The Labute approximate surface area is 159 Å². The molecule has 1 spiro atoms. The summed E-state index contributed by atoms with van der Waals surface area (Å²) < 4.78 is 1.82. The third-order valence-corrected chi connectivity index (χ3v) is 6.12. The van der Waals surface area contributed by atoms with Crippen LogP contribution in [0.15, 0.2) is 29.2 Å². The van der Waals surface area contributed by atoms with Gasteiger partial charge in [0.25, 0.3) is 11.5 Å². The summed E-state index contributed by atoms with van der Waals surface area (Å²) >= 11 is 0. The second kappa shape index (κ2) is 6.91. The van der Waals surface area contributed by atoms with Crippen molar-refractivity contribution in [1.29, 1.82) is 0 Å². The van der Waals surface area contributed by atoms with Gasteiger partial charge in [-0.15, -0.1) is 0 Å². The molecule has 2 aromatic rings. The number of carbonyl (C=O) groups is 1. The molecule has 0 bridgehead atoms. The zero-order valence-corrected chi connectivity index (χ0v) is 16.1. The fourth-order valence-corrected chi connectivity index (χ4v) is 4.42. The maximum absolute atomic E-state index is 12.9. The van der Waals surface area contributed by atoms with Crippen molar-refractivity contribution in [2.24, 2.45) is 5.41 Å². The van der Waals surface area contributed by atoms with E-state index in [-0.39, 0.29) is 16.9 Å². The molecule has 0 saturated carbocycles. The van der Waals surface area contributed by atoms with Crippen LogP contribution >= 0.6 is 0 Å². The average Bonchev–Trinajstić information content (AvgIpc) is 3.00. The Bertz CT molecular complexity index is 919. The van der Waals surface area contributed by atoms with E-state index in [0.717, 1.165) is 62.4 Å². The third kappa shape index (κ3) is 3.40. The summed E-state index contributed by atoms with van der Waals surface area (Å²) in [4.78, 5) is 36.1. The fourth-order valence-electron chi connectivity index (χ4n) is 4.42. The Hall–Kier alpha value is -2.50. The molecule has 2 aliphatic rings. The number of rotatable bonds is 2. The van der Waals surface area contributed by atoms with E-state index in [0.29, 0.717) is 12.1 Å². The number of hydrogen-bond donors (Lipinski definition) is 0. The summed E-state index contributed by atoms with van der Waals surface area (Å²) in [5.74, 6) is 0.955. The van der Waals surface area contributed by atoms with E-state index in [1.807, 2.05) is 28.5 Å². The molecule has 1 fully saturated rings. The van der Waals surface area contributed by atoms with Gasteiger partial charge in [0.15, 0.2) is 0 Å². The van der Waals surface area contributed by atoms with Gasteiger partial charge in [-0.2, -0.15) is 0 Å².